The van der Waals surface area contributed by atoms with Crippen LogP contribution in [0.15, 0.2) is 35.3 Å². The number of ether oxygens (including phenoxy) is 1. The fourth-order valence-corrected chi connectivity index (χ4v) is 5.10. The van der Waals surface area contributed by atoms with Crippen LogP contribution in [0.4, 0.5) is 24.5 Å². The summed E-state index contributed by atoms with van der Waals surface area (Å²) in [5, 5.41) is 12.9. The van der Waals surface area contributed by atoms with Crippen molar-refractivity contribution in [3.8, 4) is 23.1 Å². The maximum Gasteiger partial charge on any atom is 0.154 e. The van der Waals surface area contributed by atoms with Gasteiger partial charge in [-0.2, -0.15) is 5.26 Å². The largest absolute Gasteiger partial charge is 0.494 e. The van der Waals surface area contributed by atoms with Gasteiger partial charge in [-0.1, -0.05) is 24.9 Å². The number of rotatable bonds is 11. The molecular formula is C31H31ClF3N5O. The Morgan fingerprint density at radius 1 is 1.22 bits per heavy atom. The summed E-state index contributed by atoms with van der Waals surface area (Å²) in [4.78, 5) is 9.10. The summed E-state index contributed by atoms with van der Waals surface area (Å²) in [6.07, 6.45) is 6.36. The molecule has 214 valence electrons. The predicted octanol–water partition coefficient (Wildman–Crippen LogP) is 7.54. The van der Waals surface area contributed by atoms with Gasteiger partial charge in [0.15, 0.2) is 5.82 Å². The van der Waals surface area contributed by atoms with Gasteiger partial charge in [0.05, 0.1) is 35.3 Å². The van der Waals surface area contributed by atoms with Crippen molar-refractivity contribution in [2.24, 2.45) is 4.99 Å². The van der Waals surface area contributed by atoms with Gasteiger partial charge in [-0.25, -0.2) is 18.2 Å². The molecule has 1 atom stereocenters. The Morgan fingerprint density at radius 2 is 1.98 bits per heavy atom. The van der Waals surface area contributed by atoms with Gasteiger partial charge in [0, 0.05) is 58.9 Å². The minimum absolute atomic E-state index is 0.175. The number of nitrogens with two attached hydrogens (primary N) is 1. The molecule has 0 amide bonds. The van der Waals surface area contributed by atoms with Gasteiger partial charge in [0.2, 0.25) is 0 Å². The first-order chi connectivity index (χ1) is 19.7. The number of hydrogen-bond acceptors (Lipinski definition) is 6. The van der Waals surface area contributed by atoms with Crippen LogP contribution in [0.1, 0.15) is 68.2 Å². The molecule has 2 aromatic carbocycles. The quantitative estimate of drug-likeness (QED) is 0.138. The highest BCUT2D eigenvalue weighted by Crippen LogP contribution is 2.50. The van der Waals surface area contributed by atoms with E-state index in [9.17, 15) is 14.0 Å². The van der Waals surface area contributed by atoms with Crippen LogP contribution in [0, 0.1) is 28.8 Å². The van der Waals surface area contributed by atoms with Crippen LogP contribution < -0.4 is 15.8 Å². The minimum Gasteiger partial charge on any atom is -0.494 e. The molecule has 1 unspecified atom stereocenters. The highest BCUT2D eigenvalue weighted by Gasteiger charge is 2.48. The lowest BCUT2D eigenvalue weighted by atomic mass is 9.90. The zero-order chi connectivity index (χ0) is 29.3. The molecule has 2 saturated carbocycles. The van der Waals surface area contributed by atoms with E-state index in [1.807, 2.05) is 13.0 Å². The van der Waals surface area contributed by atoms with E-state index in [0.29, 0.717) is 55.0 Å². The lowest BCUT2D eigenvalue weighted by Crippen LogP contribution is -2.18. The standard InChI is InChI=1S/C31H31ClF3N5O/c1-3-4-17(14-39-20-9-18(15-38-19-5-6-19)29(37)27(10-20)41-2)26-12-22(31(16-36)7-8-31)28(35)30(40-26)21-11-23(32)25(34)13-24(21)33/h9-13,15,17,19,39H,3-8,14,37H2,1-2H3. The van der Waals surface area contributed by atoms with Crippen LogP contribution in [-0.4, -0.2) is 30.9 Å². The van der Waals surface area contributed by atoms with Gasteiger partial charge in [-0.15, -0.1) is 0 Å². The summed E-state index contributed by atoms with van der Waals surface area (Å²) in [6.45, 7) is 2.43. The number of hydrogen-bond donors (Lipinski definition) is 2. The smallest absolute Gasteiger partial charge is 0.154 e. The third-order valence-corrected chi connectivity index (χ3v) is 7.99. The zero-order valence-corrected chi connectivity index (χ0v) is 23.7. The van der Waals surface area contributed by atoms with E-state index in [4.69, 9.17) is 22.1 Å². The summed E-state index contributed by atoms with van der Waals surface area (Å²) in [5.74, 6) is -2.44. The fourth-order valence-electron chi connectivity index (χ4n) is 4.93. The summed E-state index contributed by atoms with van der Waals surface area (Å²) in [7, 11) is 1.55. The predicted molar refractivity (Wildman–Crippen MR) is 155 cm³/mol. The monoisotopic (exact) mass is 581 g/mol. The van der Waals surface area contributed by atoms with Gasteiger partial charge < -0.3 is 15.8 Å². The number of methoxy groups -OCH3 is 1. The second-order valence-corrected chi connectivity index (χ2v) is 11.2. The van der Waals surface area contributed by atoms with Crippen molar-refractivity contribution >= 4 is 29.2 Å². The van der Waals surface area contributed by atoms with E-state index < -0.39 is 22.9 Å². The normalized spacial score (nSPS) is 16.4. The molecule has 6 nitrogen and oxygen atoms in total. The number of pyridine rings is 1. The first-order valence-electron chi connectivity index (χ1n) is 13.7. The van der Waals surface area contributed by atoms with Crippen LogP contribution in [0.5, 0.6) is 5.75 Å². The number of nitrogens with zero attached hydrogens (tertiary/aromatic N) is 3. The van der Waals surface area contributed by atoms with Gasteiger partial charge in [-0.3, -0.25) is 4.99 Å². The van der Waals surface area contributed by atoms with Gasteiger partial charge in [0.25, 0.3) is 0 Å². The van der Waals surface area contributed by atoms with Gasteiger partial charge in [-0.05, 0) is 50.3 Å². The van der Waals surface area contributed by atoms with Crippen molar-refractivity contribution in [1.82, 2.24) is 4.98 Å². The SMILES string of the molecule is CCCC(CNc1cc(C=NC2CC2)c(N)c(OC)c1)c1cc(C2(C#N)CC2)c(F)c(-c2cc(Cl)c(F)cc2F)n1. The summed E-state index contributed by atoms with van der Waals surface area (Å²) >= 11 is 5.94. The van der Waals surface area contributed by atoms with Crippen molar-refractivity contribution in [2.45, 2.75) is 62.8 Å². The second kappa shape index (κ2) is 11.6. The Labute approximate surface area is 242 Å². The molecule has 1 heterocycles. The van der Waals surface area contributed by atoms with Crippen molar-refractivity contribution in [1.29, 1.82) is 5.26 Å². The number of nitrogen functional groups attached to an aromatic ring is 1. The molecule has 3 N–H and O–H groups in total. The molecular weight excluding hydrogens is 551 g/mol. The molecule has 10 heteroatoms. The molecule has 0 spiro atoms. The highest BCUT2D eigenvalue weighted by molar-refractivity contribution is 6.31. The molecule has 41 heavy (non-hydrogen) atoms. The third-order valence-electron chi connectivity index (χ3n) is 7.70. The van der Waals surface area contributed by atoms with Crippen molar-refractivity contribution < 1.29 is 17.9 Å². The van der Waals surface area contributed by atoms with Crippen molar-refractivity contribution in [2.75, 3.05) is 24.7 Å². The average molecular weight is 582 g/mol. The molecule has 1 aromatic heterocycles. The van der Waals surface area contributed by atoms with Gasteiger partial charge >= 0.3 is 0 Å². The van der Waals surface area contributed by atoms with E-state index in [-0.39, 0.29) is 27.8 Å². The number of nitriles is 1. The Kier molecular flexibility index (Phi) is 8.14. The third kappa shape index (κ3) is 5.98. The Bertz CT molecular complexity index is 1550. The lowest BCUT2D eigenvalue weighted by Gasteiger charge is -2.22. The molecule has 0 bridgehead atoms. The Morgan fingerprint density at radius 3 is 2.61 bits per heavy atom. The van der Waals surface area contributed by atoms with Crippen LogP contribution in [0.3, 0.4) is 0 Å². The van der Waals surface area contributed by atoms with E-state index in [1.165, 1.54) is 0 Å². The molecule has 2 aliphatic carbocycles. The topological polar surface area (TPSA) is 96.3 Å². The van der Waals surface area contributed by atoms with Crippen LogP contribution in [0.25, 0.3) is 11.3 Å². The molecule has 2 fully saturated rings. The van der Waals surface area contributed by atoms with Crippen molar-refractivity contribution in [3.05, 3.63) is 69.6 Å². The number of anilines is 2. The molecule has 0 aliphatic heterocycles. The van der Waals surface area contributed by atoms with E-state index in [2.05, 4.69) is 21.4 Å². The molecule has 3 aromatic rings. The Balaban J connectivity index is 1.53. The number of halogens is 4. The summed E-state index contributed by atoms with van der Waals surface area (Å²) in [5.41, 5.74) is 7.41. The highest BCUT2D eigenvalue weighted by atomic mass is 35.5. The number of aliphatic imine (C=N–C) groups is 1. The molecule has 5 rings (SSSR count). The number of benzene rings is 2. The van der Waals surface area contributed by atoms with E-state index in [1.54, 1.807) is 25.5 Å². The van der Waals surface area contributed by atoms with E-state index in [0.717, 1.165) is 36.6 Å². The molecule has 0 radical (unpaired) electrons. The first-order valence-corrected chi connectivity index (χ1v) is 14.1. The molecule has 0 saturated heterocycles. The second-order valence-electron chi connectivity index (χ2n) is 10.8. The van der Waals surface area contributed by atoms with E-state index >= 15 is 4.39 Å². The van der Waals surface area contributed by atoms with Gasteiger partial charge in [0.1, 0.15) is 23.1 Å². The number of nitrogens with one attached hydrogen (secondary N) is 1. The summed E-state index contributed by atoms with van der Waals surface area (Å²) in [6, 6.07) is 9.53. The lowest BCUT2D eigenvalue weighted by molar-refractivity contribution is 0.417. The first kappa shape index (κ1) is 28.7. The minimum atomic E-state index is -0.999. The van der Waals surface area contributed by atoms with Crippen LogP contribution in [0.2, 0.25) is 5.02 Å². The number of aromatic nitrogens is 1. The molecule has 2 aliphatic rings. The zero-order valence-electron chi connectivity index (χ0n) is 22.9. The summed E-state index contributed by atoms with van der Waals surface area (Å²) < 4.78 is 50.2. The average Bonchev–Trinajstić information content (AvgIpc) is 3.89. The van der Waals surface area contributed by atoms with Crippen molar-refractivity contribution in [3.63, 3.8) is 0 Å². The van der Waals surface area contributed by atoms with Crippen LogP contribution >= 0.6 is 11.6 Å². The fraction of sp³-hybridized carbons (Fsp3) is 0.387. The Hall–Kier alpha value is -3.77. The van der Waals surface area contributed by atoms with Crippen LogP contribution in [-0.2, 0) is 5.41 Å². The maximum absolute atomic E-state index is 15.9. The maximum atomic E-state index is 15.9.